The first kappa shape index (κ1) is 8.60. The summed E-state index contributed by atoms with van der Waals surface area (Å²) in [5, 5.41) is 4.15. The molecule has 0 aliphatic heterocycles. The third-order valence-corrected chi connectivity index (χ3v) is 2.92. The molecule has 1 aromatic heterocycles. The van der Waals surface area contributed by atoms with Crippen molar-refractivity contribution in [3.63, 3.8) is 0 Å². The fourth-order valence-electron chi connectivity index (χ4n) is 1.63. The van der Waals surface area contributed by atoms with E-state index in [0.717, 1.165) is 12.2 Å². The lowest BCUT2D eigenvalue weighted by Gasteiger charge is -2.06. The van der Waals surface area contributed by atoms with E-state index in [1.54, 1.807) is 6.20 Å². The maximum Gasteiger partial charge on any atom is 0.0719 e. The Bertz CT molecular complexity index is 286. The number of hydrogen-bond donors (Lipinski definition) is 1. The van der Waals surface area contributed by atoms with E-state index in [0.29, 0.717) is 5.41 Å². The number of anilines is 1. The molecular formula is C10H17N3. The molecule has 0 aromatic carbocycles. The van der Waals surface area contributed by atoms with Crippen molar-refractivity contribution in [2.75, 3.05) is 5.73 Å². The van der Waals surface area contributed by atoms with Crippen LogP contribution < -0.4 is 5.73 Å². The van der Waals surface area contributed by atoms with Gasteiger partial charge < -0.3 is 5.73 Å². The molecule has 1 aliphatic carbocycles. The minimum Gasteiger partial charge on any atom is -0.396 e. The molecule has 0 bridgehead atoms. The van der Waals surface area contributed by atoms with E-state index >= 15 is 0 Å². The molecule has 1 heterocycles. The topological polar surface area (TPSA) is 43.8 Å². The number of nitrogens with zero attached hydrogens (tertiary/aromatic N) is 2. The van der Waals surface area contributed by atoms with E-state index in [2.05, 4.69) is 12.0 Å². The lowest BCUT2D eigenvalue weighted by Crippen LogP contribution is -2.01. The minimum absolute atomic E-state index is 0.665. The summed E-state index contributed by atoms with van der Waals surface area (Å²) < 4.78 is 1.93. The Morgan fingerprint density at radius 2 is 2.38 bits per heavy atom. The molecular weight excluding hydrogens is 162 g/mol. The second-order valence-electron chi connectivity index (χ2n) is 4.45. The van der Waals surface area contributed by atoms with Crippen molar-refractivity contribution < 1.29 is 0 Å². The molecule has 1 fully saturated rings. The van der Waals surface area contributed by atoms with Gasteiger partial charge in [-0.1, -0.05) is 6.92 Å². The predicted octanol–water partition coefficient (Wildman–Crippen LogP) is 2.05. The number of nitrogens with two attached hydrogens (primary N) is 1. The van der Waals surface area contributed by atoms with Crippen LogP contribution in [0.1, 0.15) is 32.6 Å². The lowest BCUT2D eigenvalue weighted by atomic mass is 10.0. The molecule has 3 nitrogen and oxygen atoms in total. The van der Waals surface area contributed by atoms with Gasteiger partial charge in [0, 0.05) is 12.7 Å². The van der Waals surface area contributed by atoms with E-state index in [1.165, 1.54) is 25.7 Å². The molecule has 0 saturated heterocycles. The van der Waals surface area contributed by atoms with Crippen LogP contribution in [0.3, 0.4) is 0 Å². The zero-order valence-electron chi connectivity index (χ0n) is 8.16. The molecule has 0 amide bonds. The molecule has 0 spiro atoms. The van der Waals surface area contributed by atoms with E-state index < -0.39 is 0 Å². The van der Waals surface area contributed by atoms with E-state index in [-0.39, 0.29) is 0 Å². The second kappa shape index (κ2) is 3.05. The van der Waals surface area contributed by atoms with Crippen LogP contribution in [-0.4, -0.2) is 9.78 Å². The summed E-state index contributed by atoms with van der Waals surface area (Å²) in [5.41, 5.74) is 6.99. The molecule has 2 rings (SSSR count). The molecule has 1 aliphatic rings. The van der Waals surface area contributed by atoms with Crippen LogP contribution >= 0.6 is 0 Å². The first-order valence-electron chi connectivity index (χ1n) is 4.96. The molecule has 2 N–H and O–H groups in total. The standard InChI is InChI=1S/C10H17N3/c1-10(4-5-10)3-2-6-13-8-9(11)7-12-13/h7-8H,2-6,11H2,1H3. The van der Waals surface area contributed by atoms with Crippen LogP contribution in [0.5, 0.6) is 0 Å². The van der Waals surface area contributed by atoms with Gasteiger partial charge in [0.15, 0.2) is 0 Å². The third kappa shape index (κ3) is 2.23. The van der Waals surface area contributed by atoms with Gasteiger partial charge in [-0.05, 0) is 31.1 Å². The molecule has 72 valence electrons. The van der Waals surface area contributed by atoms with Crippen LogP contribution in [0.4, 0.5) is 5.69 Å². The van der Waals surface area contributed by atoms with Gasteiger partial charge >= 0.3 is 0 Å². The maximum absolute atomic E-state index is 5.57. The molecule has 1 saturated carbocycles. The average molecular weight is 179 g/mol. The van der Waals surface area contributed by atoms with Crippen LogP contribution in [-0.2, 0) is 6.54 Å². The fraction of sp³-hybridized carbons (Fsp3) is 0.700. The third-order valence-electron chi connectivity index (χ3n) is 2.92. The van der Waals surface area contributed by atoms with Crippen molar-refractivity contribution in [1.82, 2.24) is 9.78 Å². The highest BCUT2D eigenvalue weighted by Gasteiger charge is 2.35. The Hall–Kier alpha value is -0.990. The van der Waals surface area contributed by atoms with Crippen molar-refractivity contribution in [3.05, 3.63) is 12.4 Å². The monoisotopic (exact) mass is 179 g/mol. The van der Waals surface area contributed by atoms with Crippen molar-refractivity contribution in [3.8, 4) is 0 Å². The SMILES string of the molecule is CC1(CCCn2cc(N)cn2)CC1. The number of aryl methyl sites for hydroxylation is 1. The highest BCUT2D eigenvalue weighted by atomic mass is 15.3. The van der Waals surface area contributed by atoms with Gasteiger partial charge in [-0.2, -0.15) is 5.10 Å². The predicted molar refractivity (Wildman–Crippen MR) is 53.2 cm³/mol. The van der Waals surface area contributed by atoms with Gasteiger partial charge in [-0.15, -0.1) is 0 Å². The highest BCUT2D eigenvalue weighted by molar-refractivity contribution is 5.30. The Kier molecular flexibility index (Phi) is 2.02. The summed E-state index contributed by atoms with van der Waals surface area (Å²) >= 11 is 0. The van der Waals surface area contributed by atoms with Crippen LogP contribution in [0, 0.1) is 5.41 Å². The largest absolute Gasteiger partial charge is 0.396 e. The lowest BCUT2D eigenvalue weighted by molar-refractivity contribution is 0.451. The first-order chi connectivity index (χ1) is 6.18. The van der Waals surface area contributed by atoms with Gasteiger partial charge in [0.25, 0.3) is 0 Å². The van der Waals surface area contributed by atoms with Gasteiger partial charge in [0.2, 0.25) is 0 Å². The summed E-state index contributed by atoms with van der Waals surface area (Å²) in [6.45, 7) is 3.37. The average Bonchev–Trinajstić information content (AvgIpc) is 2.65. The summed E-state index contributed by atoms with van der Waals surface area (Å²) in [5.74, 6) is 0. The van der Waals surface area contributed by atoms with Crippen molar-refractivity contribution >= 4 is 5.69 Å². The van der Waals surface area contributed by atoms with Crippen molar-refractivity contribution in [1.29, 1.82) is 0 Å². The van der Waals surface area contributed by atoms with Gasteiger partial charge in [0.05, 0.1) is 11.9 Å². The molecule has 13 heavy (non-hydrogen) atoms. The van der Waals surface area contributed by atoms with Crippen molar-refractivity contribution in [2.45, 2.75) is 39.2 Å². The minimum atomic E-state index is 0.665. The highest BCUT2D eigenvalue weighted by Crippen LogP contribution is 2.48. The number of nitrogen functional groups attached to an aromatic ring is 1. The normalized spacial score (nSPS) is 18.8. The molecule has 1 aromatic rings. The smallest absolute Gasteiger partial charge is 0.0719 e. The zero-order chi connectivity index (χ0) is 9.31. The quantitative estimate of drug-likeness (QED) is 0.768. The molecule has 0 unspecified atom stereocenters. The summed E-state index contributed by atoms with van der Waals surface area (Å²) in [4.78, 5) is 0. The van der Waals surface area contributed by atoms with E-state index in [9.17, 15) is 0 Å². The first-order valence-corrected chi connectivity index (χ1v) is 4.96. The van der Waals surface area contributed by atoms with Gasteiger partial charge in [0.1, 0.15) is 0 Å². The van der Waals surface area contributed by atoms with Gasteiger partial charge in [-0.25, -0.2) is 0 Å². The van der Waals surface area contributed by atoms with Crippen LogP contribution in [0.15, 0.2) is 12.4 Å². The molecule has 0 radical (unpaired) electrons. The Balaban J connectivity index is 1.73. The van der Waals surface area contributed by atoms with E-state index in [1.807, 2.05) is 10.9 Å². The summed E-state index contributed by atoms with van der Waals surface area (Å²) in [6.07, 6.45) is 8.97. The summed E-state index contributed by atoms with van der Waals surface area (Å²) in [7, 11) is 0. The maximum atomic E-state index is 5.57. The molecule has 3 heteroatoms. The zero-order valence-corrected chi connectivity index (χ0v) is 8.16. The van der Waals surface area contributed by atoms with Crippen molar-refractivity contribution in [2.24, 2.45) is 5.41 Å². The number of rotatable bonds is 4. The van der Waals surface area contributed by atoms with Gasteiger partial charge in [-0.3, -0.25) is 4.68 Å². The Morgan fingerprint density at radius 1 is 1.62 bits per heavy atom. The summed E-state index contributed by atoms with van der Waals surface area (Å²) in [6, 6.07) is 0. The molecule has 0 atom stereocenters. The Morgan fingerprint density at radius 3 is 2.92 bits per heavy atom. The van der Waals surface area contributed by atoms with E-state index in [4.69, 9.17) is 5.73 Å². The van der Waals surface area contributed by atoms with Crippen LogP contribution in [0.25, 0.3) is 0 Å². The fourth-order valence-corrected chi connectivity index (χ4v) is 1.63. The number of aromatic nitrogens is 2. The van der Waals surface area contributed by atoms with Crippen LogP contribution in [0.2, 0.25) is 0 Å². The second-order valence-corrected chi connectivity index (χ2v) is 4.45. The number of hydrogen-bond acceptors (Lipinski definition) is 2. The Labute approximate surface area is 78.9 Å².